The average Bonchev–Trinajstić information content (AvgIpc) is 3.45. The molecule has 1 fully saturated rings. The van der Waals surface area contributed by atoms with Crippen molar-refractivity contribution in [1.29, 1.82) is 0 Å². The van der Waals surface area contributed by atoms with Gasteiger partial charge in [0.15, 0.2) is 5.16 Å². The Kier molecular flexibility index (Phi) is 6.89. The molecule has 9 nitrogen and oxygen atoms in total. The summed E-state index contributed by atoms with van der Waals surface area (Å²) >= 11 is 1.17. The number of nitrogens with one attached hydrogen (secondary N) is 2. The van der Waals surface area contributed by atoms with Crippen LogP contribution in [-0.4, -0.2) is 51.3 Å². The maximum Gasteiger partial charge on any atom is 0.337 e. The largest absolute Gasteiger partial charge is 0.465 e. The Morgan fingerprint density at radius 3 is 2.59 bits per heavy atom. The molecule has 1 aliphatic rings. The average molecular weight is 418 g/mol. The Balaban J connectivity index is 1.56. The van der Waals surface area contributed by atoms with Gasteiger partial charge in [-0.1, -0.05) is 11.8 Å². The number of hydrogen-bond acceptors (Lipinski definition) is 7. The number of amides is 2. The van der Waals surface area contributed by atoms with E-state index in [4.69, 9.17) is 0 Å². The number of nitrogens with zero attached hydrogens (tertiary/aromatic N) is 2. The van der Waals surface area contributed by atoms with E-state index in [1.54, 1.807) is 28.8 Å². The smallest absolute Gasteiger partial charge is 0.337 e. The molecule has 3 N–H and O–H groups in total. The summed E-state index contributed by atoms with van der Waals surface area (Å²) in [5.74, 6) is -0.776. The fraction of sp³-hybridized carbons (Fsp3) is 0.368. The molecule has 1 aromatic heterocycles. The molecule has 1 aromatic carbocycles. The lowest BCUT2D eigenvalue weighted by Gasteiger charge is -2.11. The van der Waals surface area contributed by atoms with Crippen molar-refractivity contribution < 1.29 is 24.2 Å². The number of imidazole rings is 1. The van der Waals surface area contributed by atoms with E-state index in [0.29, 0.717) is 22.1 Å². The zero-order valence-electron chi connectivity index (χ0n) is 15.9. The van der Waals surface area contributed by atoms with Gasteiger partial charge in [0.1, 0.15) is 6.54 Å². The number of aromatic nitrogens is 2. The SMILES string of the molecule is COC(=O)c1ccc(NC(=O)CSc2ncc(CO)n2CC(=O)NC2CC2)cc1. The molecule has 0 bridgehead atoms. The second kappa shape index (κ2) is 9.57. The quantitative estimate of drug-likeness (QED) is 0.413. The standard InChI is InChI=1S/C19H22N4O5S/c1-28-18(27)12-2-4-13(5-3-12)22-17(26)11-29-19-20-8-15(10-24)23(19)9-16(25)21-14-6-7-14/h2-5,8,14,24H,6-7,9-11H2,1H3,(H,21,25)(H,22,26). The summed E-state index contributed by atoms with van der Waals surface area (Å²) in [6.45, 7) is -0.200. The molecule has 0 atom stereocenters. The Hall–Kier alpha value is -2.85. The first kappa shape index (κ1) is 20.9. The Bertz CT molecular complexity index is 893. The summed E-state index contributed by atoms with van der Waals surface area (Å²) < 4.78 is 6.25. The van der Waals surface area contributed by atoms with Gasteiger partial charge in [-0.2, -0.15) is 0 Å². The number of ether oxygens (including phenoxy) is 1. The van der Waals surface area contributed by atoms with Crippen molar-refractivity contribution in [2.45, 2.75) is 37.2 Å². The minimum atomic E-state index is -0.448. The van der Waals surface area contributed by atoms with Gasteiger partial charge in [0.05, 0.1) is 36.9 Å². The molecule has 3 rings (SSSR count). The molecular formula is C19H22N4O5S. The Morgan fingerprint density at radius 2 is 1.97 bits per heavy atom. The third-order valence-corrected chi connectivity index (χ3v) is 5.22. The van der Waals surface area contributed by atoms with Gasteiger partial charge in [-0.25, -0.2) is 9.78 Å². The van der Waals surface area contributed by atoms with Gasteiger partial charge in [-0.15, -0.1) is 0 Å². The number of aliphatic hydroxyl groups is 1. The fourth-order valence-corrected chi connectivity index (χ4v) is 3.38. The van der Waals surface area contributed by atoms with Gasteiger partial charge in [-0.3, -0.25) is 9.59 Å². The molecule has 0 unspecified atom stereocenters. The number of methoxy groups -OCH3 is 1. The van der Waals surface area contributed by atoms with Crippen LogP contribution >= 0.6 is 11.8 Å². The van der Waals surface area contributed by atoms with Gasteiger partial charge in [0, 0.05) is 11.7 Å². The highest BCUT2D eigenvalue weighted by Gasteiger charge is 2.24. The van der Waals surface area contributed by atoms with Crippen molar-refractivity contribution in [2.75, 3.05) is 18.2 Å². The molecule has 1 aliphatic carbocycles. The first-order valence-corrected chi connectivity index (χ1v) is 10.0. The molecule has 2 amide bonds. The van der Waals surface area contributed by atoms with Crippen molar-refractivity contribution in [3.8, 4) is 0 Å². The number of thioether (sulfide) groups is 1. The minimum absolute atomic E-state index is 0.0470. The second-order valence-corrected chi connectivity index (χ2v) is 7.47. The van der Waals surface area contributed by atoms with Crippen molar-refractivity contribution in [3.63, 3.8) is 0 Å². The van der Waals surface area contributed by atoms with Crippen LogP contribution in [0.3, 0.4) is 0 Å². The first-order valence-electron chi connectivity index (χ1n) is 9.05. The molecule has 0 spiro atoms. The molecule has 29 heavy (non-hydrogen) atoms. The molecule has 1 heterocycles. The number of aliphatic hydroxyl groups excluding tert-OH is 1. The van der Waals surface area contributed by atoms with Gasteiger partial charge in [0.25, 0.3) is 0 Å². The van der Waals surface area contributed by atoms with Gasteiger partial charge < -0.3 is 25.0 Å². The number of anilines is 1. The van der Waals surface area contributed by atoms with E-state index in [1.165, 1.54) is 25.1 Å². The molecular weight excluding hydrogens is 396 g/mol. The first-order chi connectivity index (χ1) is 14.0. The van der Waals surface area contributed by atoms with Crippen LogP contribution in [0.25, 0.3) is 0 Å². The van der Waals surface area contributed by atoms with Crippen LogP contribution in [0.4, 0.5) is 5.69 Å². The Labute approximate surface area is 171 Å². The predicted molar refractivity (Wildman–Crippen MR) is 106 cm³/mol. The van der Waals surface area contributed by atoms with E-state index >= 15 is 0 Å². The van der Waals surface area contributed by atoms with E-state index in [1.807, 2.05) is 0 Å². The van der Waals surface area contributed by atoms with E-state index < -0.39 is 5.97 Å². The molecule has 0 aliphatic heterocycles. The van der Waals surface area contributed by atoms with E-state index in [9.17, 15) is 19.5 Å². The second-order valence-electron chi connectivity index (χ2n) is 6.52. The highest BCUT2D eigenvalue weighted by atomic mass is 32.2. The lowest BCUT2D eigenvalue weighted by atomic mass is 10.2. The maximum absolute atomic E-state index is 12.2. The molecule has 0 radical (unpaired) electrons. The van der Waals surface area contributed by atoms with E-state index in [-0.39, 0.29) is 36.8 Å². The monoisotopic (exact) mass is 418 g/mol. The van der Waals surface area contributed by atoms with Gasteiger partial charge >= 0.3 is 5.97 Å². The van der Waals surface area contributed by atoms with Gasteiger partial charge in [-0.05, 0) is 37.1 Å². The van der Waals surface area contributed by atoms with Crippen LogP contribution in [0, 0.1) is 0 Å². The fourth-order valence-electron chi connectivity index (χ4n) is 2.58. The normalized spacial score (nSPS) is 13.0. The number of carbonyl (C=O) groups is 3. The van der Waals surface area contributed by atoms with Crippen LogP contribution in [0.2, 0.25) is 0 Å². The summed E-state index contributed by atoms with van der Waals surface area (Å²) in [7, 11) is 1.30. The number of hydrogen-bond donors (Lipinski definition) is 3. The summed E-state index contributed by atoms with van der Waals surface area (Å²) in [5.41, 5.74) is 1.45. The molecule has 2 aromatic rings. The third-order valence-electron chi connectivity index (χ3n) is 4.23. The highest BCUT2D eigenvalue weighted by Crippen LogP contribution is 2.21. The predicted octanol–water partition coefficient (Wildman–Crippen LogP) is 1.17. The summed E-state index contributed by atoms with van der Waals surface area (Å²) in [6.07, 6.45) is 3.48. The molecule has 10 heteroatoms. The van der Waals surface area contributed by atoms with Crippen LogP contribution in [-0.2, 0) is 27.5 Å². The zero-order valence-corrected chi connectivity index (χ0v) is 16.7. The zero-order chi connectivity index (χ0) is 20.8. The van der Waals surface area contributed by atoms with Crippen LogP contribution in [0.15, 0.2) is 35.6 Å². The van der Waals surface area contributed by atoms with Crippen molar-refractivity contribution >= 4 is 35.2 Å². The minimum Gasteiger partial charge on any atom is -0.465 e. The maximum atomic E-state index is 12.2. The highest BCUT2D eigenvalue weighted by molar-refractivity contribution is 7.99. The van der Waals surface area contributed by atoms with Crippen LogP contribution in [0.5, 0.6) is 0 Å². The lowest BCUT2D eigenvalue weighted by molar-refractivity contribution is -0.122. The summed E-state index contributed by atoms with van der Waals surface area (Å²) in [5, 5.41) is 15.6. The molecule has 154 valence electrons. The topological polar surface area (TPSA) is 123 Å². The van der Waals surface area contributed by atoms with Crippen molar-refractivity contribution in [1.82, 2.24) is 14.9 Å². The Morgan fingerprint density at radius 1 is 1.24 bits per heavy atom. The van der Waals surface area contributed by atoms with E-state index in [0.717, 1.165) is 12.8 Å². The van der Waals surface area contributed by atoms with E-state index in [2.05, 4.69) is 20.4 Å². The van der Waals surface area contributed by atoms with Crippen molar-refractivity contribution in [2.24, 2.45) is 0 Å². The van der Waals surface area contributed by atoms with Gasteiger partial charge in [0.2, 0.25) is 11.8 Å². The summed E-state index contributed by atoms with van der Waals surface area (Å²) in [4.78, 5) is 40.0. The van der Waals surface area contributed by atoms with Crippen molar-refractivity contribution in [3.05, 3.63) is 41.7 Å². The van der Waals surface area contributed by atoms with Crippen LogP contribution in [0.1, 0.15) is 28.9 Å². The molecule has 0 saturated heterocycles. The number of benzene rings is 1. The number of rotatable bonds is 9. The lowest BCUT2D eigenvalue weighted by Crippen LogP contribution is -2.30. The third kappa shape index (κ3) is 5.81. The van der Waals surface area contributed by atoms with Crippen LogP contribution < -0.4 is 10.6 Å². The number of carbonyl (C=O) groups excluding carboxylic acids is 3. The number of esters is 1. The molecule has 1 saturated carbocycles. The summed E-state index contributed by atoms with van der Waals surface area (Å²) in [6, 6.07) is 6.60.